The number of likely N-dealkylation sites (tertiary alicyclic amines) is 1. The van der Waals surface area contributed by atoms with Crippen LogP contribution in [0.3, 0.4) is 0 Å². The van der Waals surface area contributed by atoms with Crippen molar-refractivity contribution in [3.05, 3.63) is 48.0 Å². The van der Waals surface area contributed by atoms with Crippen LogP contribution in [0.25, 0.3) is 27.9 Å². The summed E-state index contributed by atoms with van der Waals surface area (Å²) in [6.07, 6.45) is 5.56. The third-order valence-electron chi connectivity index (χ3n) is 6.36. The predicted molar refractivity (Wildman–Crippen MR) is 115 cm³/mol. The van der Waals surface area contributed by atoms with Gasteiger partial charge in [-0.15, -0.1) is 0 Å². The van der Waals surface area contributed by atoms with Crippen LogP contribution in [0.1, 0.15) is 37.2 Å². The molecule has 158 valence electrons. The average molecular weight is 417 g/mol. The molecule has 1 aromatic carbocycles. The number of nitrogens with one attached hydrogen (secondary N) is 1. The number of aryl methyl sites for hydroxylation is 1. The zero-order valence-corrected chi connectivity index (χ0v) is 17.2. The van der Waals surface area contributed by atoms with E-state index in [0.29, 0.717) is 13.0 Å². The first-order chi connectivity index (χ1) is 15.1. The number of imidazole rings is 1. The van der Waals surface area contributed by atoms with Crippen LogP contribution in [0.5, 0.6) is 5.75 Å². The standard InChI is InChI=1S/C23H23N5O3/c1-13(29)27-12-16(30)10-18(27)23-26-21(15-4-5-20-14(9-15)3-2-8-31-20)19-11-25-22-17(28(19)23)6-7-24-22/h4-7,9,11,16,18,24,30H,2-3,8,10,12H2,1H3/t16-,18-/m1/s1. The van der Waals surface area contributed by atoms with Gasteiger partial charge in [-0.2, -0.15) is 0 Å². The van der Waals surface area contributed by atoms with Gasteiger partial charge in [0.2, 0.25) is 5.91 Å². The number of carbonyl (C=O) groups is 1. The van der Waals surface area contributed by atoms with Crippen LogP contribution in [0, 0.1) is 0 Å². The number of hydrogen-bond acceptors (Lipinski definition) is 5. The Balaban J connectivity index is 1.59. The Labute approximate surface area is 178 Å². The number of ether oxygens (including phenoxy) is 1. The summed E-state index contributed by atoms with van der Waals surface area (Å²) in [6.45, 7) is 2.62. The summed E-state index contributed by atoms with van der Waals surface area (Å²) in [5.41, 5.74) is 5.54. The fourth-order valence-corrected chi connectivity index (χ4v) is 4.94. The molecule has 0 bridgehead atoms. The first-order valence-corrected chi connectivity index (χ1v) is 10.7. The largest absolute Gasteiger partial charge is 0.493 e. The highest BCUT2D eigenvalue weighted by molar-refractivity contribution is 5.85. The molecule has 0 unspecified atom stereocenters. The highest BCUT2D eigenvalue weighted by atomic mass is 16.5. The summed E-state index contributed by atoms with van der Waals surface area (Å²) in [5.74, 6) is 1.62. The fraction of sp³-hybridized carbons (Fsp3) is 0.348. The predicted octanol–water partition coefficient (Wildman–Crippen LogP) is 2.86. The van der Waals surface area contributed by atoms with Crippen LogP contribution in [0.2, 0.25) is 0 Å². The number of benzene rings is 1. The molecule has 2 aliphatic heterocycles. The number of amides is 1. The summed E-state index contributed by atoms with van der Waals surface area (Å²) in [7, 11) is 0. The highest BCUT2D eigenvalue weighted by Gasteiger charge is 2.37. The summed E-state index contributed by atoms with van der Waals surface area (Å²) in [6, 6.07) is 7.86. The van der Waals surface area contributed by atoms with Gasteiger partial charge in [-0.05, 0) is 42.7 Å². The summed E-state index contributed by atoms with van der Waals surface area (Å²) in [5, 5.41) is 10.3. The van der Waals surface area contributed by atoms with Crippen molar-refractivity contribution in [3.8, 4) is 17.0 Å². The van der Waals surface area contributed by atoms with Crippen LogP contribution in [0.4, 0.5) is 0 Å². The van der Waals surface area contributed by atoms with Crippen molar-refractivity contribution in [2.24, 2.45) is 0 Å². The quantitative estimate of drug-likeness (QED) is 0.523. The lowest BCUT2D eigenvalue weighted by atomic mass is 10.0. The maximum atomic E-state index is 12.3. The maximum absolute atomic E-state index is 12.3. The Hall–Kier alpha value is -3.39. The van der Waals surface area contributed by atoms with E-state index >= 15 is 0 Å². The van der Waals surface area contributed by atoms with Gasteiger partial charge in [-0.1, -0.05) is 0 Å². The zero-order valence-electron chi connectivity index (χ0n) is 17.2. The fourth-order valence-electron chi connectivity index (χ4n) is 4.94. The second kappa shape index (κ2) is 6.81. The SMILES string of the molecule is CC(=O)N1C[C@H](O)C[C@@H]1c1nc(-c2ccc3c(c2)CCCO3)c2cnc3[nH]ccc3n12. The second-order valence-electron chi connectivity index (χ2n) is 8.36. The van der Waals surface area contributed by atoms with Crippen molar-refractivity contribution in [2.75, 3.05) is 13.2 Å². The molecular formula is C23H23N5O3. The summed E-state index contributed by atoms with van der Waals surface area (Å²) >= 11 is 0. The van der Waals surface area contributed by atoms with E-state index in [2.05, 4.69) is 20.4 Å². The van der Waals surface area contributed by atoms with Gasteiger partial charge in [0.05, 0.1) is 41.7 Å². The first-order valence-electron chi connectivity index (χ1n) is 10.7. The van der Waals surface area contributed by atoms with Crippen LogP contribution in [-0.4, -0.2) is 54.5 Å². The van der Waals surface area contributed by atoms with Crippen molar-refractivity contribution in [2.45, 2.75) is 38.3 Å². The number of carbonyl (C=O) groups excluding carboxylic acids is 1. The van der Waals surface area contributed by atoms with Crippen molar-refractivity contribution in [1.82, 2.24) is 24.3 Å². The van der Waals surface area contributed by atoms with E-state index in [9.17, 15) is 9.90 Å². The van der Waals surface area contributed by atoms with Gasteiger partial charge in [-0.3, -0.25) is 9.20 Å². The lowest BCUT2D eigenvalue weighted by molar-refractivity contribution is -0.130. The Morgan fingerprint density at radius 2 is 2.19 bits per heavy atom. The Kier molecular flexibility index (Phi) is 4.04. The van der Waals surface area contributed by atoms with Gasteiger partial charge in [0.1, 0.15) is 11.6 Å². The number of β-amino-alcohol motifs (C(OH)–C–C–N with tert-alkyl or cyclic N) is 1. The molecule has 1 fully saturated rings. The summed E-state index contributed by atoms with van der Waals surface area (Å²) < 4.78 is 7.85. The first kappa shape index (κ1) is 18.4. The normalized spacial score (nSPS) is 20.9. The van der Waals surface area contributed by atoms with Gasteiger partial charge in [0.15, 0.2) is 5.65 Å². The van der Waals surface area contributed by atoms with Crippen LogP contribution >= 0.6 is 0 Å². The summed E-state index contributed by atoms with van der Waals surface area (Å²) in [4.78, 5) is 26.8. The Morgan fingerprint density at radius 3 is 3.06 bits per heavy atom. The molecule has 0 saturated carbocycles. The minimum absolute atomic E-state index is 0.0647. The van der Waals surface area contributed by atoms with Crippen molar-refractivity contribution >= 4 is 22.6 Å². The van der Waals surface area contributed by atoms with E-state index < -0.39 is 6.10 Å². The molecular weight excluding hydrogens is 394 g/mol. The number of fused-ring (bicyclic) bond motifs is 4. The number of aromatic amines is 1. The van der Waals surface area contributed by atoms with E-state index in [-0.39, 0.29) is 11.9 Å². The molecule has 3 aromatic heterocycles. The molecule has 0 radical (unpaired) electrons. The number of aromatic nitrogens is 4. The van der Waals surface area contributed by atoms with E-state index in [1.165, 1.54) is 5.56 Å². The number of H-pyrrole nitrogens is 1. The second-order valence-corrected chi connectivity index (χ2v) is 8.36. The third-order valence-corrected chi connectivity index (χ3v) is 6.36. The number of nitrogens with zero attached hydrogens (tertiary/aromatic N) is 4. The van der Waals surface area contributed by atoms with Crippen molar-refractivity contribution in [3.63, 3.8) is 0 Å². The number of rotatable bonds is 2. The smallest absolute Gasteiger partial charge is 0.220 e. The lowest BCUT2D eigenvalue weighted by Crippen LogP contribution is -2.30. The molecule has 1 saturated heterocycles. The van der Waals surface area contributed by atoms with Crippen molar-refractivity contribution in [1.29, 1.82) is 0 Å². The third kappa shape index (κ3) is 2.82. The molecule has 0 aliphatic carbocycles. The molecule has 6 rings (SSSR count). The molecule has 5 heterocycles. The van der Waals surface area contributed by atoms with Gasteiger partial charge in [-0.25, -0.2) is 9.97 Å². The number of aliphatic hydroxyl groups is 1. The van der Waals surface area contributed by atoms with Gasteiger partial charge in [0, 0.05) is 31.6 Å². The molecule has 8 heteroatoms. The Bertz CT molecular complexity index is 1320. The molecule has 0 spiro atoms. The lowest BCUT2D eigenvalue weighted by Gasteiger charge is -2.22. The van der Waals surface area contributed by atoms with Gasteiger partial charge >= 0.3 is 0 Å². The van der Waals surface area contributed by atoms with Crippen molar-refractivity contribution < 1.29 is 14.6 Å². The molecule has 4 aromatic rings. The highest BCUT2D eigenvalue weighted by Crippen LogP contribution is 2.38. The minimum atomic E-state index is -0.561. The topological polar surface area (TPSA) is 95.8 Å². The minimum Gasteiger partial charge on any atom is -0.493 e. The van der Waals surface area contributed by atoms with Crippen LogP contribution < -0.4 is 4.74 Å². The Morgan fingerprint density at radius 1 is 1.29 bits per heavy atom. The van der Waals surface area contributed by atoms with E-state index in [0.717, 1.165) is 59.0 Å². The maximum Gasteiger partial charge on any atom is 0.220 e. The van der Waals surface area contributed by atoms with E-state index in [1.807, 2.05) is 30.6 Å². The van der Waals surface area contributed by atoms with Crippen LogP contribution in [0.15, 0.2) is 36.7 Å². The van der Waals surface area contributed by atoms with E-state index in [4.69, 9.17) is 9.72 Å². The molecule has 1 amide bonds. The number of aliphatic hydroxyl groups excluding tert-OH is 1. The average Bonchev–Trinajstić information content (AvgIpc) is 3.48. The van der Waals surface area contributed by atoms with Gasteiger partial charge < -0.3 is 19.7 Å². The number of hydrogen-bond donors (Lipinski definition) is 2. The zero-order chi connectivity index (χ0) is 21.1. The molecule has 2 N–H and O–H groups in total. The molecule has 2 atom stereocenters. The molecule has 8 nitrogen and oxygen atoms in total. The van der Waals surface area contributed by atoms with E-state index in [1.54, 1.807) is 11.8 Å². The van der Waals surface area contributed by atoms with Gasteiger partial charge in [0.25, 0.3) is 0 Å². The monoisotopic (exact) mass is 417 g/mol. The van der Waals surface area contributed by atoms with Crippen LogP contribution in [-0.2, 0) is 11.2 Å². The molecule has 31 heavy (non-hydrogen) atoms. The molecule has 2 aliphatic rings.